The largest absolute Gasteiger partial charge is 0.456 e. The van der Waals surface area contributed by atoms with E-state index in [9.17, 15) is 0 Å². The Labute approximate surface area is 199 Å². The lowest BCUT2D eigenvalue weighted by Gasteiger charge is -2.19. The van der Waals surface area contributed by atoms with E-state index >= 15 is 0 Å². The maximum Gasteiger partial charge on any atom is 0.157 e. The SMILES string of the molecule is Cc1cc2oc(-c3ccc(C(C)(C)C)cc3)c/c(=N\Nc3ncnc4ccccc34)c2cc1C. The minimum atomic E-state index is 0.0957. The zero-order chi connectivity index (χ0) is 23.9. The van der Waals surface area contributed by atoms with Gasteiger partial charge in [0.25, 0.3) is 0 Å². The molecule has 5 heteroatoms. The van der Waals surface area contributed by atoms with Gasteiger partial charge in [-0.25, -0.2) is 9.97 Å². The van der Waals surface area contributed by atoms with Crippen LogP contribution in [0.2, 0.25) is 0 Å². The first-order valence-electron chi connectivity index (χ1n) is 11.4. The molecule has 0 amide bonds. The summed E-state index contributed by atoms with van der Waals surface area (Å²) in [7, 11) is 0. The fraction of sp³-hybridized carbons (Fsp3) is 0.207. The molecule has 0 saturated carbocycles. The molecule has 5 nitrogen and oxygen atoms in total. The number of para-hydroxylation sites is 1. The summed E-state index contributed by atoms with van der Waals surface area (Å²) < 4.78 is 6.36. The lowest BCUT2D eigenvalue weighted by atomic mass is 9.86. The van der Waals surface area contributed by atoms with Crippen molar-refractivity contribution in [3.8, 4) is 11.3 Å². The van der Waals surface area contributed by atoms with E-state index in [0.717, 1.165) is 38.6 Å². The number of fused-ring (bicyclic) bond motifs is 2. The van der Waals surface area contributed by atoms with Crippen LogP contribution in [0.4, 0.5) is 5.82 Å². The quantitative estimate of drug-likeness (QED) is 0.305. The molecule has 1 N–H and O–H groups in total. The summed E-state index contributed by atoms with van der Waals surface area (Å²) in [5.41, 5.74) is 9.60. The molecule has 3 aromatic carbocycles. The fourth-order valence-electron chi connectivity index (χ4n) is 4.00. The normalized spacial score (nSPS) is 12.4. The molecule has 5 aromatic rings. The van der Waals surface area contributed by atoms with E-state index < -0.39 is 0 Å². The van der Waals surface area contributed by atoms with Crippen molar-refractivity contribution in [2.75, 3.05) is 5.43 Å². The van der Waals surface area contributed by atoms with Crippen LogP contribution in [0.25, 0.3) is 33.2 Å². The maximum absolute atomic E-state index is 6.36. The summed E-state index contributed by atoms with van der Waals surface area (Å²) >= 11 is 0. The Morgan fingerprint density at radius 3 is 2.32 bits per heavy atom. The Morgan fingerprint density at radius 1 is 0.824 bits per heavy atom. The van der Waals surface area contributed by atoms with E-state index in [1.165, 1.54) is 16.7 Å². The van der Waals surface area contributed by atoms with Gasteiger partial charge in [0.2, 0.25) is 0 Å². The molecular weight excluding hydrogens is 420 g/mol. The molecule has 0 atom stereocenters. The van der Waals surface area contributed by atoms with E-state index in [1.54, 1.807) is 6.33 Å². The molecule has 2 heterocycles. The smallest absolute Gasteiger partial charge is 0.157 e. The third-order valence-corrected chi connectivity index (χ3v) is 6.22. The third kappa shape index (κ3) is 4.17. The highest BCUT2D eigenvalue weighted by Gasteiger charge is 2.14. The summed E-state index contributed by atoms with van der Waals surface area (Å²) in [6, 6.07) is 22.6. The Balaban J connectivity index is 1.66. The molecule has 2 aromatic heterocycles. The van der Waals surface area contributed by atoms with Crippen molar-refractivity contribution in [3.63, 3.8) is 0 Å². The lowest BCUT2D eigenvalue weighted by molar-refractivity contribution is 0.589. The second-order valence-electron chi connectivity index (χ2n) is 9.72. The highest BCUT2D eigenvalue weighted by atomic mass is 16.3. The third-order valence-electron chi connectivity index (χ3n) is 6.22. The Bertz CT molecular complexity index is 1570. The van der Waals surface area contributed by atoms with Gasteiger partial charge in [0.15, 0.2) is 5.82 Å². The van der Waals surface area contributed by atoms with Gasteiger partial charge in [-0.05, 0) is 60.2 Å². The maximum atomic E-state index is 6.36. The standard InChI is InChI=1S/C29H28N4O/c1-18-14-23-25(32-33-28-22-8-6-7-9-24(22)30-17-31-28)16-26(34-27(23)15-19(18)2)20-10-12-21(13-11-20)29(3,4)5/h6-17H,1-5H3,(H,30,31,33)/b32-25+. The highest BCUT2D eigenvalue weighted by molar-refractivity contribution is 5.88. The Hall–Kier alpha value is -3.99. The molecule has 170 valence electrons. The first kappa shape index (κ1) is 21.8. The predicted molar refractivity (Wildman–Crippen MR) is 139 cm³/mol. The van der Waals surface area contributed by atoms with Crippen LogP contribution in [-0.2, 0) is 5.41 Å². The van der Waals surface area contributed by atoms with Crippen LogP contribution >= 0.6 is 0 Å². The molecule has 0 saturated heterocycles. The van der Waals surface area contributed by atoms with Crippen LogP contribution in [0.5, 0.6) is 0 Å². The number of nitrogens with one attached hydrogen (secondary N) is 1. The van der Waals surface area contributed by atoms with Crippen molar-refractivity contribution in [2.45, 2.75) is 40.0 Å². The van der Waals surface area contributed by atoms with Crippen LogP contribution in [-0.4, -0.2) is 9.97 Å². The monoisotopic (exact) mass is 448 g/mol. The van der Waals surface area contributed by atoms with Crippen LogP contribution in [0.15, 0.2) is 82.6 Å². The van der Waals surface area contributed by atoms with Crippen molar-refractivity contribution in [1.29, 1.82) is 0 Å². The summed E-state index contributed by atoms with van der Waals surface area (Å²) in [6.45, 7) is 10.8. The summed E-state index contributed by atoms with van der Waals surface area (Å²) in [6.07, 6.45) is 1.55. The zero-order valence-corrected chi connectivity index (χ0v) is 20.2. The molecule has 0 radical (unpaired) electrons. The average molecular weight is 449 g/mol. The number of aromatic nitrogens is 2. The molecule has 5 rings (SSSR count). The van der Waals surface area contributed by atoms with E-state index in [4.69, 9.17) is 9.52 Å². The van der Waals surface area contributed by atoms with E-state index in [1.807, 2.05) is 30.3 Å². The Kier molecular flexibility index (Phi) is 5.40. The molecule has 0 bridgehead atoms. The molecule has 0 aliphatic rings. The van der Waals surface area contributed by atoms with Crippen LogP contribution in [0.3, 0.4) is 0 Å². The van der Waals surface area contributed by atoms with Crippen LogP contribution < -0.4 is 10.8 Å². The zero-order valence-electron chi connectivity index (χ0n) is 20.2. The van der Waals surface area contributed by atoms with Crippen LogP contribution in [0, 0.1) is 13.8 Å². The molecule has 0 spiro atoms. The number of rotatable bonds is 3. The lowest BCUT2D eigenvalue weighted by Crippen LogP contribution is -2.11. The summed E-state index contributed by atoms with van der Waals surface area (Å²) in [5.74, 6) is 1.43. The molecular formula is C29H28N4O. The number of aryl methyl sites for hydroxylation is 2. The van der Waals surface area contributed by atoms with Crippen molar-refractivity contribution in [2.24, 2.45) is 5.10 Å². The number of anilines is 1. The van der Waals surface area contributed by atoms with E-state index in [-0.39, 0.29) is 5.41 Å². The van der Waals surface area contributed by atoms with Crippen molar-refractivity contribution in [1.82, 2.24) is 9.97 Å². The second-order valence-corrected chi connectivity index (χ2v) is 9.72. The van der Waals surface area contributed by atoms with Gasteiger partial charge in [0.1, 0.15) is 17.7 Å². The molecule has 0 fully saturated rings. The van der Waals surface area contributed by atoms with Gasteiger partial charge in [-0.1, -0.05) is 57.2 Å². The van der Waals surface area contributed by atoms with E-state index in [0.29, 0.717) is 5.82 Å². The predicted octanol–water partition coefficient (Wildman–Crippen LogP) is 6.89. The second kappa shape index (κ2) is 8.41. The average Bonchev–Trinajstić information content (AvgIpc) is 2.83. The number of hydrogen-bond acceptors (Lipinski definition) is 5. The van der Waals surface area contributed by atoms with Gasteiger partial charge >= 0.3 is 0 Å². The summed E-state index contributed by atoms with van der Waals surface area (Å²) in [5, 5.41) is 7.43. The van der Waals surface area contributed by atoms with Gasteiger partial charge in [0.05, 0.1) is 10.9 Å². The highest BCUT2D eigenvalue weighted by Crippen LogP contribution is 2.28. The number of nitrogens with zero attached hydrogens (tertiary/aromatic N) is 3. The van der Waals surface area contributed by atoms with Gasteiger partial charge in [-0.3, -0.25) is 5.43 Å². The van der Waals surface area contributed by atoms with E-state index in [2.05, 4.69) is 86.4 Å². The number of benzene rings is 3. The van der Waals surface area contributed by atoms with Crippen molar-refractivity contribution < 1.29 is 4.42 Å². The first-order chi connectivity index (χ1) is 16.3. The van der Waals surface area contributed by atoms with Gasteiger partial charge < -0.3 is 4.42 Å². The number of hydrogen-bond donors (Lipinski definition) is 1. The summed E-state index contributed by atoms with van der Waals surface area (Å²) in [4.78, 5) is 8.75. The molecule has 0 unspecified atom stereocenters. The molecule has 0 aliphatic carbocycles. The first-order valence-corrected chi connectivity index (χ1v) is 11.4. The topological polar surface area (TPSA) is 63.3 Å². The minimum Gasteiger partial charge on any atom is -0.456 e. The minimum absolute atomic E-state index is 0.0957. The van der Waals surface area contributed by atoms with Gasteiger partial charge in [-0.2, -0.15) is 5.10 Å². The molecule has 34 heavy (non-hydrogen) atoms. The van der Waals surface area contributed by atoms with Crippen molar-refractivity contribution in [3.05, 3.63) is 95.1 Å². The van der Waals surface area contributed by atoms with Crippen molar-refractivity contribution >= 4 is 27.7 Å². The fourth-order valence-corrected chi connectivity index (χ4v) is 4.00. The Morgan fingerprint density at radius 2 is 1.56 bits per heavy atom. The van der Waals surface area contributed by atoms with Gasteiger partial charge in [0, 0.05) is 22.4 Å². The molecule has 0 aliphatic heterocycles. The van der Waals surface area contributed by atoms with Gasteiger partial charge in [-0.15, -0.1) is 0 Å². The van der Waals surface area contributed by atoms with Crippen LogP contribution in [0.1, 0.15) is 37.5 Å².